The summed E-state index contributed by atoms with van der Waals surface area (Å²) in [5, 5.41) is 15.6. The third-order valence-corrected chi connectivity index (χ3v) is 6.76. The van der Waals surface area contributed by atoms with Crippen molar-refractivity contribution < 1.29 is 14.6 Å². The first kappa shape index (κ1) is 18.4. The molecule has 1 aromatic carbocycles. The van der Waals surface area contributed by atoms with Gasteiger partial charge < -0.3 is 25.0 Å². The number of guanidine groups is 1. The Morgan fingerprint density at radius 1 is 1.21 bits per heavy atom. The highest BCUT2D eigenvalue weighted by Crippen LogP contribution is 2.40. The molecule has 8 heteroatoms. The molecule has 0 spiro atoms. The first-order valence-corrected chi connectivity index (χ1v) is 10.9. The molecule has 2 saturated heterocycles. The number of likely N-dealkylation sites (tertiary alicyclic amines) is 1. The molecule has 3 aliphatic rings. The summed E-state index contributed by atoms with van der Waals surface area (Å²) in [7, 11) is 0. The summed E-state index contributed by atoms with van der Waals surface area (Å²) < 4.78 is 5.49. The second-order valence-electron chi connectivity index (χ2n) is 7.61. The fraction of sp³-hybridized carbons (Fsp3) is 0.429. The van der Waals surface area contributed by atoms with Crippen LogP contribution in [0.5, 0.6) is 5.75 Å². The van der Waals surface area contributed by atoms with Gasteiger partial charge in [0.15, 0.2) is 5.96 Å². The minimum Gasteiger partial charge on any atom is -0.508 e. The van der Waals surface area contributed by atoms with Crippen LogP contribution in [0.3, 0.4) is 0 Å². The van der Waals surface area contributed by atoms with Crippen LogP contribution in [0.4, 0.5) is 0 Å². The summed E-state index contributed by atoms with van der Waals surface area (Å²) in [6.07, 6.45) is 0.658. The number of rotatable bonds is 2. The SMILES string of the molecule is O=C(c1cccs1)N1CCC2C(c3cccc(O)c3)NC(N3CCOCC3)=NC21. The molecule has 4 heterocycles. The number of morpholine rings is 1. The number of phenols is 1. The molecule has 0 aliphatic carbocycles. The Bertz CT molecular complexity index is 910. The standard InChI is InChI=1S/C21H24N4O3S/c26-15-4-1-3-14(13-15)18-16-6-7-25(20(27)17-5-2-12-29-17)19(16)23-21(22-18)24-8-10-28-11-9-24/h1-5,12-13,16,18-19,26H,6-11H2,(H,22,23). The number of amides is 1. The van der Waals surface area contributed by atoms with Gasteiger partial charge >= 0.3 is 0 Å². The maximum absolute atomic E-state index is 13.1. The molecule has 1 amide bonds. The molecule has 2 N–H and O–H groups in total. The van der Waals surface area contributed by atoms with Crippen molar-refractivity contribution in [2.75, 3.05) is 32.8 Å². The monoisotopic (exact) mass is 412 g/mol. The second-order valence-corrected chi connectivity index (χ2v) is 8.56. The first-order chi connectivity index (χ1) is 14.2. The van der Waals surface area contributed by atoms with Crippen LogP contribution < -0.4 is 5.32 Å². The predicted molar refractivity (Wildman–Crippen MR) is 111 cm³/mol. The highest BCUT2D eigenvalue weighted by molar-refractivity contribution is 7.12. The largest absolute Gasteiger partial charge is 0.508 e. The van der Waals surface area contributed by atoms with E-state index in [1.54, 1.807) is 12.1 Å². The molecule has 3 aliphatic heterocycles. The van der Waals surface area contributed by atoms with E-state index in [2.05, 4.69) is 10.2 Å². The number of aromatic hydroxyl groups is 1. The van der Waals surface area contributed by atoms with E-state index in [9.17, 15) is 9.90 Å². The topological polar surface area (TPSA) is 77.4 Å². The molecule has 0 saturated carbocycles. The zero-order valence-corrected chi connectivity index (χ0v) is 16.8. The number of carbonyl (C=O) groups is 1. The molecular formula is C21H24N4O3S. The van der Waals surface area contributed by atoms with Crippen molar-refractivity contribution in [2.24, 2.45) is 10.9 Å². The number of thiophene rings is 1. The van der Waals surface area contributed by atoms with Crippen LogP contribution in [0.25, 0.3) is 0 Å². The summed E-state index contributed by atoms with van der Waals surface area (Å²) in [6.45, 7) is 3.57. The van der Waals surface area contributed by atoms with E-state index in [0.717, 1.165) is 35.9 Å². The molecule has 29 heavy (non-hydrogen) atoms. The summed E-state index contributed by atoms with van der Waals surface area (Å²) in [6, 6.07) is 11.2. The third kappa shape index (κ3) is 3.47. The Balaban J connectivity index is 1.50. The van der Waals surface area contributed by atoms with Gasteiger partial charge in [-0.2, -0.15) is 0 Å². The van der Waals surface area contributed by atoms with Crippen LogP contribution >= 0.6 is 11.3 Å². The van der Waals surface area contributed by atoms with Gasteiger partial charge in [-0.05, 0) is 35.6 Å². The van der Waals surface area contributed by atoms with E-state index < -0.39 is 0 Å². The number of nitrogens with one attached hydrogen (secondary N) is 1. The van der Waals surface area contributed by atoms with Crippen LogP contribution in [0, 0.1) is 5.92 Å². The molecule has 0 radical (unpaired) electrons. The summed E-state index contributed by atoms with van der Waals surface area (Å²) in [4.78, 5) is 23.0. The van der Waals surface area contributed by atoms with Crippen molar-refractivity contribution >= 4 is 23.2 Å². The second kappa shape index (κ2) is 7.68. The maximum atomic E-state index is 13.1. The number of aliphatic imine (C=N–C) groups is 1. The molecule has 152 valence electrons. The van der Waals surface area contributed by atoms with E-state index in [1.807, 2.05) is 34.5 Å². The quantitative estimate of drug-likeness (QED) is 0.791. The molecule has 2 fully saturated rings. The van der Waals surface area contributed by atoms with E-state index in [1.165, 1.54) is 11.3 Å². The van der Waals surface area contributed by atoms with E-state index in [4.69, 9.17) is 9.73 Å². The summed E-state index contributed by atoms with van der Waals surface area (Å²) in [5.74, 6) is 1.27. The fourth-order valence-corrected chi connectivity index (χ4v) is 5.15. The Kier molecular flexibility index (Phi) is 4.89. The molecule has 3 atom stereocenters. The average molecular weight is 413 g/mol. The number of fused-ring (bicyclic) bond motifs is 1. The summed E-state index contributed by atoms with van der Waals surface area (Å²) >= 11 is 1.47. The highest BCUT2D eigenvalue weighted by atomic mass is 32.1. The average Bonchev–Trinajstić information content (AvgIpc) is 3.43. The van der Waals surface area contributed by atoms with Gasteiger partial charge in [-0.15, -0.1) is 11.3 Å². The summed E-state index contributed by atoms with van der Waals surface area (Å²) in [5.41, 5.74) is 1.02. The molecule has 2 aromatic rings. The molecule has 0 bridgehead atoms. The van der Waals surface area contributed by atoms with Gasteiger partial charge in [0.2, 0.25) is 0 Å². The number of benzene rings is 1. The Morgan fingerprint density at radius 2 is 2.07 bits per heavy atom. The predicted octanol–water partition coefficient (Wildman–Crippen LogP) is 2.27. The van der Waals surface area contributed by atoms with E-state index in [0.29, 0.717) is 19.8 Å². The lowest BCUT2D eigenvalue weighted by atomic mass is 9.89. The number of hydrogen-bond acceptors (Lipinski definition) is 7. The van der Waals surface area contributed by atoms with Crippen LogP contribution in [-0.4, -0.2) is 65.8 Å². The number of ether oxygens (including phenoxy) is 1. The number of phenolic OH excluding ortho intramolecular Hbond substituents is 1. The zero-order chi connectivity index (χ0) is 19.8. The fourth-order valence-electron chi connectivity index (χ4n) is 4.47. The van der Waals surface area contributed by atoms with Crippen molar-refractivity contribution in [3.05, 3.63) is 52.2 Å². The van der Waals surface area contributed by atoms with Crippen molar-refractivity contribution in [2.45, 2.75) is 18.6 Å². The van der Waals surface area contributed by atoms with Crippen molar-refractivity contribution in [3.63, 3.8) is 0 Å². The highest BCUT2D eigenvalue weighted by Gasteiger charge is 2.46. The maximum Gasteiger partial charge on any atom is 0.265 e. The Morgan fingerprint density at radius 3 is 2.83 bits per heavy atom. The van der Waals surface area contributed by atoms with Crippen molar-refractivity contribution in [1.82, 2.24) is 15.1 Å². The number of hydrogen-bond donors (Lipinski definition) is 2. The zero-order valence-electron chi connectivity index (χ0n) is 16.0. The van der Waals surface area contributed by atoms with E-state index >= 15 is 0 Å². The van der Waals surface area contributed by atoms with Gasteiger partial charge in [0, 0.05) is 25.6 Å². The molecule has 3 unspecified atom stereocenters. The van der Waals surface area contributed by atoms with Crippen molar-refractivity contribution in [1.29, 1.82) is 0 Å². The minimum atomic E-state index is -0.212. The lowest BCUT2D eigenvalue weighted by Crippen LogP contribution is -2.55. The lowest BCUT2D eigenvalue weighted by molar-refractivity contribution is 0.0611. The molecule has 1 aromatic heterocycles. The molecule has 7 nitrogen and oxygen atoms in total. The van der Waals surface area contributed by atoms with Crippen LogP contribution in [0.1, 0.15) is 27.7 Å². The van der Waals surface area contributed by atoms with Gasteiger partial charge in [0.1, 0.15) is 11.9 Å². The lowest BCUT2D eigenvalue weighted by Gasteiger charge is -2.40. The van der Waals surface area contributed by atoms with Crippen LogP contribution in [0.2, 0.25) is 0 Å². The van der Waals surface area contributed by atoms with Gasteiger partial charge in [-0.25, -0.2) is 4.99 Å². The van der Waals surface area contributed by atoms with Gasteiger partial charge in [0.25, 0.3) is 5.91 Å². The number of carbonyl (C=O) groups excluding carboxylic acids is 1. The van der Waals surface area contributed by atoms with Crippen LogP contribution in [0.15, 0.2) is 46.8 Å². The van der Waals surface area contributed by atoms with Crippen LogP contribution in [-0.2, 0) is 4.74 Å². The minimum absolute atomic E-state index is 0.0106. The third-order valence-electron chi connectivity index (χ3n) is 5.91. The molecular weight excluding hydrogens is 388 g/mol. The smallest absolute Gasteiger partial charge is 0.265 e. The number of nitrogens with zero attached hydrogens (tertiary/aromatic N) is 3. The Hall–Kier alpha value is -2.58. The van der Waals surface area contributed by atoms with Gasteiger partial charge in [-0.3, -0.25) is 4.79 Å². The molecule has 5 rings (SSSR count). The first-order valence-electron chi connectivity index (χ1n) is 10.0. The van der Waals surface area contributed by atoms with E-state index in [-0.39, 0.29) is 29.8 Å². The Labute approximate surface area is 173 Å². The van der Waals surface area contributed by atoms with Crippen molar-refractivity contribution in [3.8, 4) is 5.75 Å². The van der Waals surface area contributed by atoms with Gasteiger partial charge in [-0.1, -0.05) is 18.2 Å². The normalized spacial score (nSPS) is 26.6. The van der Waals surface area contributed by atoms with Gasteiger partial charge in [0.05, 0.1) is 24.1 Å².